The molecule has 0 unspecified atom stereocenters. The third kappa shape index (κ3) is 4.86. The van der Waals surface area contributed by atoms with Crippen LogP contribution >= 0.6 is 0 Å². The minimum Gasteiger partial charge on any atom is -0.393 e. The Morgan fingerprint density at radius 1 is 0.926 bits per heavy atom. The number of nitrogens with two attached hydrogens (primary N) is 1. The van der Waals surface area contributed by atoms with Crippen LogP contribution in [0.3, 0.4) is 0 Å². The molecular formula is C20H24N6O. The van der Waals surface area contributed by atoms with Crippen LogP contribution in [0.25, 0.3) is 0 Å². The normalized spacial score (nSPS) is 10.4. The maximum atomic E-state index is 6.29. The lowest BCUT2D eigenvalue weighted by Gasteiger charge is -2.26. The Kier molecular flexibility index (Phi) is 6.43. The van der Waals surface area contributed by atoms with Crippen LogP contribution in [-0.4, -0.2) is 30.2 Å². The van der Waals surface area contributed by atoms with E-state index in [9.17, 15) is 0 Å². The van der Waals surface area contributed by atoms with E-state index in [0.29, 0.717) is 23.9 Å². The molecule has 1 heterocycles. The molecule has 0 bridgehead atoms. The van der Waals surface area contributed by atoms with Crippen LogP contribution in [0.4, 0.5) is 28.7 Å². The number of nitrogen functional groups attached to an aromatic ring is 1. The minimum atomic E-state index is 0.465. The van der Waals surface area contributed by atoms with Gasteiger partial charge in [0.15, 0.2) is 11.6 Å². The number of ether oxygens (including phenoxy) is 1. The van der Waals surface area contributed by atoms with Crippen LogP contribution in [0.1, 0.15) is 6.42 Å². The zero-order chi connectivity index (χ0) is 18.9. The van der Waals surface area contributed by atoms with Gasteiger partial charge in [0.1, 0.15) is 12.0 Å². The molecule has 0 saturated heterocycles. The smallest absolute Gasteiger partial charge is 0.173 e. The van der Waals surface area contributed by atoms with Crippen molar-refractivity contribution in [1.82, 2.24) is 9.97 Å². The quantitative estimate of drug-likeness (QED) is 0.394. The number of anilines is 5. The van der Waals surface area contributed by atoms with Crippen LogP contribution in [0.5, 0.6) is 0 Å². The van der Waals surface area contributed by atoms with Gasteiger partial charge < -0.3 is 15.8 Å². The first kappa shape index (κ1) is 18.5. The van der Waals surface area contributed by atoms with Crippen LogP contribution in [0, 0.1) is 0 Å². The highest BCUT2D eigenvalue weighted by atomic mass is 16.5. The molecule has 2 aromatic carbocycles. The summed E-state index contributed by atoms with van der Waals surface area (Å²) in [5, 5.41) is 5.16. The van der Waals surface area contributed by atoms with E-state index in [1.54, 1.807) is 7.11 Å². The van der Waals surface area contributed by atoms with E-state index >= 15 is 0 Å². The molecule has 140 valence electrons. The fraction of sp³-hybridized carbons (Fsp3) is 0.200. The molecule has 7 heteroatoms. The predicted molar refractivity (Wildman–Crippen MR) is 110 cm³/mol. The average molecular weight is 364 g/mol. The summed E-state index contributed by atoms with van der Waals surface area (Å²) in [6.45, 7) is 1.40. The van der Waals surface area contributed by atoms with Gasteiger partial charge in [-0.2, -0.15) is 0 Å². The first-order valence-corrected chi connectivity index (χ1v) is 8.79. The van der Waals surface area contributed by atoms with Gasteiger partial charge in [-0.3, -0.25) is 10.4 Å². The van der Waals surface area contributed by atoms with Crippen molar-refractivity contribution in [3.63, 3.8) is 0 Å². The van der Waals surface area contributed by atoms with Crippen molar-refractivity contribution in [2.45, 2.75) is 6.42 Å². The van der Waals surface area contributed by atoms with Gasteiger partial charge in [0.25, 0.3) is 0 Å². The van der Waals surface area contributed by atoms with Crippen molar-refractivity contribution in [3.8, 4) is 0 Å². The fourth-order valence-electron chi connectivity index (χ4n) is 2.59. The number of hydrogen-bond donors (Lipinski definition) is 3. The molecule has 7 nitrogen and oxygen atoms in total. The maximum Gasteiger partial charge on any atom is 0.173 e. The SMILES string of the molecule is COCCCNc1ncnc(NN(c2ccccc2)c2ccccc2)c1N. The van der Waals surface area contributed by atoms with E-state index in [0.717, 1.165) is 24.3 Å². The van der Waals surface area contributed by atoms with Crippen molar-refractivity contribution in [1.29, 1.82) is 0 Å². The zero-order valence-corrected chi connectivity index (χ0v) is 15.3. The number of benzene rings is 2. The van der Waals surface area contributed by atoms with E-state index in [2.05, 4.69) is 20.7 Å². The summed E-state index contributed by atoms with van der Waals surface area (Å²) in [5.74, 6) is 1.14. The van der Waals surface area contributed by atoms with Gasteiger partial charge in [-0.25, -0.2) is 9.97 Å². The first-order valence-electron chi connectivity index (χ1n) is 8.79. The lowest BCUT2D eigenvalue weighted by Crippen LogP contribution is -2.26. The molecule has 0 aliphatic carbocycles. The van der Waals surface area contributed by atoms with E-state index < -0.39 is 0 Å². The Balaban J connectivity index is 1.84. The second kappa shape index (κ2) is 9.40. The Labute approximate surface area is 159 Å². The number of methoxy groups -OCH3 is 1. The molecule has 0 atom stereocenters. The number of hydrazine groups is 1. The second-order valence-corrected chi connectivity index (χ2v) is 5.88. The van der Waals surface area contributed by atoms with E-state index in [4.69, 9.17) is 10.5 Å². The van der Waals surface area contributed by atoms with Crippen molar-refractivity contribution < 1.29 is 4.74 Å². The van der Waals surface area contributed by atoms with Crippen LogP contribution in [0.2, 0.25) is 0 Å². The summed E-state index contributed by atoms with van der Waals surface area (Å²) >= 11 is 0. The molecule has 0 aliphatic heterocycles. The molecule has 27 heavy (non-hydrogen) atoms. The largest absolute Gasteiger partial charge is 0.393 e. The number of hydrogen-bond acceptors (Lipinski definition) is 7. The summed E-state index contributed by atoms with van der Waals surface area (Å²) in [5.41, 5.74) is 12.0. The highest BCUT2D eigenvalue weighted by molar-refractivity contribution is 5.77. The first-order chi connectivity index (χ1) is 13.3. The third-order valence-electron chi connectivity index (χ3n) is 3.95. The van der Waals surface area contributed by atoms with Gasteiger partial charge in [0.2, 0.25) is 0 Å². The molecule has 4 N–H and O–H groups in total. The summed E-state index contributed by atoms with van der Waals surface area (Å²) in [7, 11) is 1.68. The number of para-hydroxylation sites is 2. The standard InChI is InChI=1S/C20H24N6O/c1-27-14-8-13-22-19-18(21)20(24-15-23-19)25-26(16-9-4-2-5-10-16)17-11-6-3-7-12-17/h2-7,9-12,15H,8,13-14,21H2,1H3,(H2,22,23,24,25). The Morgan fingerprint density at radius 2 is 1.52 bits per heavy atom. The summed E-state index contributed by atoms with van der Waals surface area (Å²) < 4.78 is 5.06. The zero-order valence-electron chi connectivity index (χ0n) is 15.3. The highest BCUT2D eigenvalue weighted by Crippen LogP contribution is 2.29. The highest BCUT2D eigenvalue weighted by Gasteiger charge is 2.14. The molecule has 0 aliphatic rings. The average Bonchev–Trinajstić information content (AvgIpc) is 2.72. The molecule has 0 amide bonds. The third-order valence-corrected chi connectivity index (χ3v) is 3.95. The van der Waals surface area contributed by atoms with E-state index in [1.807, 2.05) is 65.7 Å². The molecule has 0 fully saturated rings. The van der Waals surface area contributed by atoms with Gasteiger partial charge in [-0.05, 0) is 30.7 Å². The second-order valence-electron chi connectivity index (χ2n) is 5.88. The monoisotopic (exact) mass is 364 g/mol. The molecule has 3 aromatic rings. The van der Waals surface area contributed by atoms with Gasteiger partial charge >= 0.3 is 0 Å². The van der Waals surface area contributed by atoms with E-state index in [1.165, 1.54) is 6.33 Å². The molecule has 0 radical (unpaired) electrons. The maximum absolute atomic E-state index is 6.29. The number of nitrogens with one attached hydrogen (secondary N) is 2. The fourth-order valence-corrected chi connectivity index (χ4v) is 2.59. The Hall–Kier alpha value is -3.32. The lowest BCUT2D eigenvalue weighted by atomic mass is 10.2. The van der Waals surface area contributed by atoms with Crippen molar-refractivity contribution in [3.05, 3.63) is 67.0 Å². The molecular weight excluding hydrogens is 340 g/mol. The molecule has 0 saturated carbocycles. The predicted octanol–water partition coefficient (Wildman–Crippen LogP) is 3.67. The van der Waals surface area contributed by atoms with Crippen molar-refractivity contribution in [2.75, 3.05) is 41.7 Å². The van der Waals surface area contributed by atoms with Crippen molar-refractivity contribution >= 4 is 28.7 Å². The minimum absolute atomic E-state index is 0.465. The summed E-state index contributed by atoms with van der Waals surface area (Å²) in [4.78, 5) is 8.56. The van der Waals surface area contributed by atoms with Crippen LogP contribution in [0.15, 0.2) is 67.0 Å². The molecule has 0 spiro atoms. The van der Waals surface area contributed by atoms with Crippen LogP contribution in [-0.2, 0) is 4.74 Å². The molecule has 3 rings (SSSR count). The van der Waals surface area contributed by atoms with Gasteiger partial charge in [0.05, 0.1) is 11.4 Å². The number of aromatic nitrogens is 2. The van der Waals surface area contributed by atoms with E-state index in [-0.39, 0.29) is 0 Å². The van der Waals surface area contributed by atoms with Gasteiger partial charge in [-0.15, -0.1) is 0 Å². The van der Waals surface area contributed by atoms with Crippen LogP contribution < -0.4 is 21.5 Å². The Morgan fingerprint density at radius 3 is 2.11 bits per heavy atom. The Bertz CT molecular complexity index is 789. The molecule has 1 aromatic heterocycles. The van der Waals surface area contributed by atoms with Gasteiger partial charge in [0, 0.05) is 20.3 Å². The topological polar surface area (TPSA) is 88.3 Å². The summed E-state index contributed by atoms with van der Waals surface area (Å²) in [6.07, 6.45) is 2.36. The number of nitrogens with zero attached hydrogens (tertiary/aromatic N) is 3. The lowest BCUT2D eigenvalue weighted by molar-refractivity contribution is 0.198. The van der Waals surface area contributed by atoms with Crippen molar-refractivity contribution in [2.24, 2.45) is 0 Å². The van der Waals surface area contributed by atoms with Gasteiger partial charge in [-0.1, -0.05) is 36.4 Å². The summed E-state index contributed by atoms with van der Waals surface area (Å²) in [6, 6.07) is 20.0. The number of rotatable bonds is 9.